The van der Waals surface area contributed by atoms with Crippen LogP contribution < -0.4 is 10.1 Å². The molecule has 24 heavy (non-hydrogen) atoms. The minimum atomic E-state index is -0.626. The first kappa shape index (κ1) is 17.5. The lowest BCUT2D eigenvalue weighted by molar-refractivity contribution is -0.139. The van der Waals surface area contributed by atoms with E-state index in [4.69, 9.17) is 9.47 Å². The van der Waals surface area contributed by atoms with E-state index in [0.717, 1.165) is 0 Å². The van der Waals surface area contributed by atoms with Gasteiger partial charge < -0.3 is 19.7 Å². The number of allylic oxidation sites excluding steroid dienone is 1. The first-order valence-electron chi connectivity index (χ1n) is 7.55. The average molecular weight is 332 g/mol. The van der Waals surface area contributed by atoms with Gasteiger partial charge in [-0.2, -0.15) is 0 Å². The zero-order valence-electron chi connectivity index (χ0n) is 14.1. The summed E-state index contributed by atoms with van der Waals surface area (Å²) in [7, 11) is 1.59. The quantitative estimate of drug-likeness (QED) is 0.674. The summed E-state index contributed by atoms with van der Waals surface area (Å²) in [6.07, 6.45) is 0. The van der Waals surface area contributed by atoms with Crippen molar-refractivity contribution in [2.45, 2.75) is 26.8 Å². The summed E-state index contributed by atoms with van der Waals surface area (Å²) in [6, 6.07) is 5.68. The third-order valence-corrected chi connectivity index (χ3v) is 3.72. The van der Waals surface area contributed by atoms with E-state index >= 15 is 0 Å². The van der Waals surface area contributed by atoms with Gasteiger partial charge in [-0.05, 0) is 31.5 Å². The molecule has 1 aliphatic rings. The summed E-state index contributed by atoms with van der Waals surface area (Å²) in [5.74, 6) is -0.502. The fourth-order valence-electron chi connectivity index (χ4n) is 2.45. The molecule has 0 spiro atoms. The SMILES string of the molecule is CCOC(=O)C1=C(C)N(C)C(=O)NC1c1ccc(OC(C)=O)cc1. The molecule has 1 N–H and O–H groups in total. The van der Waals surface area contributed by atoms with Crippen LogP contribution in [-0.4, -0.2) is 36.5 Å². The number of esters is 2. The Bertz CT molecular complexity index is 693. The van der Waals surface area contributed by atoms with Gasteiger partial charge in [-0.3, -0.25) is 4.79 Å². The zero-order valence-corrected chi connectivity index (χ0v) is 14.1. The minimum Gasteiger partial charge on any atom is -0.463 e. The Morgan fingerprint density at radius 1 is 1.25 bits per heavy atom. The summed E-state index contributed by atoms with van der Waals surface area (Å²) < 4.78 is 10.1. The van der Waals surface area contributed by atoms with Crippen LogP contribution in [0.1, 0.15) is 32.4 Å². The highest BCUT2D eigenvalue weighted by Gasteiger charge is 2.34. The summed E-state index contributed by atoms with van der Waals surface area (Å²) in [6.45, 7) is 4.98. The molecule has 1 unspecified atom stereocenters. The lowest BCUT2D eigenvalue weighted by Gasteiger charge is -2.33. The highest BCUT2D eigenvalue weighted by Crippen LogP contribution is 2.31. The number of nitrogens with one attached hydrogen (secondary N) is 1. The molecule has 7 heteroatoms. The van der Waals surface area contributed by atoms with Crippen LogP contribution in [0.3, 0.4) is 0 Å². The molecule has 7 nitrogen and oxygen atoms in total. The van der Waals surface area contributed by atoms with Crippen LogP contribution >= 0.6 is 0 Å². The van der Waals surface area contributed by atoms with Gasteiger partial charge in [0.2, 0.25) is 0 Å². The minimum absolute atomic E-state index is 0.241. The van der Waals surface area contributed by atoms with Gasteiger partial charge in [-0.25, -0.2) is 9.59 Å². The summed E-state index contributed by atoms with van der Waals surface area (Å²) in [5.41, 5.74) is 1.60. The highest BCUT2D eigenvalue weighted by atomic mass is 16.5. The molecule has 0 saturated heterocycles. The van der Waals surface area contributed by atoms with Gasteiger partial charge in [0.05, 0.1) is 18.2 Å². The maximum absolute atomic E-state index is 12.3. The smallest absolute Gasteiger partial charge is 0.338 e. The number of hydrogen-bond donors (Lipinski definition) is 1. The number of rotatable bonds is 4. The molecule has 0 radical (unpaired) electrons. The first-order chi connectivity index (χ1) is 11.3. The highest BCUT2D eigenvalue weighted by molar-refractivity contribution is 5.95. The predicted molar refractivity (Wildman–Crippen MR) is 86.1 cm³/mol. The second-order valence-corrected chi connectivity index (χ2v) is 5.32. The molecule has 1 aromatic rings. The summed E-state index contributed by atoms with van der Waals surface area (Å²) in [4.78, 5) is 36.8. The Morgan fingerprint density at radius 3 is 2.42 bits per heavy atom. The molecule has 0 saturated carbocycles. The van der Waals surface area contributed by atoms with Crippen molar-refractivity contribution in [2.75, 3.05) is 13.7 Å². The van der Waals surface area contributed by atoms with Crippen LogP contribution in [0.2, 0.25) is 0 Å². The Hall–Kier alpha value is -2.83. The second-order valence-electron chi connectivity index (χ2n) is 5.32. The van der Waals surface area contributed by atoms with Crippen molar-refractivity contribution < 1.29 is 23.9 Å². The lowest BCUT2D eigenvalue weighted by atomic mass is 9.95. The van der Waals surface area contributed by atoms with E-state index in [-0.39, 0.29) is 12.6 Å². The van der Waals surface area contributed by atoms with Gasteiger partial charge in [0.1, 0.15) is 5.75 Å². The molecule has 1 aromatic carbocycles. The Kier molecular flexibility index (Phi) is 5.23. The molecule has 0 aliphatic carbocycles. The van der Waals surface area contributed by atoms with Crippen molar-refractivity contribution in [3.8, 4) is 5.75 Å². The number of carbonyl (C=O) groups excluding carboxylic acids is 3. The number of hydrogen-bond acceptors (Lipinski definition) is 5. The van der Waals surface area contributed by atoms with Crippen molar-refractivity contribution in [3.63, 3.8) is 0 Å². The van der Waals surface area contributed by atoms with Gasteiger partial charge in [0.25, 0.3) is 0 Å². The monoisotopic (exact) mass is 332 g/mol. The number of nitrogens with zero attached hydrogens (tertiary/aromatic N) is 1. The molecular formula is C17H20N2O5. The number of carbonyl (C=O) groups is 3. The normalized spacial score (nSPS) is 17.4. The average Bonchev–Trinajstić information content (AvgIpc) is 2.52. The van der Waals surface area contributed by atoms with Gasteiger partial charge in [0, 0.05) is 19.7 Å². The maximum atomic E-state index is 12.3. The summed E-state index contributed by atoms with van der Waals surface area (Å²) in [5, 5.41) is 2.78. The fourth-order valence-corrected chi connectivity index (χ4v) is 2.45. The third kappa shape index (κ3) is 3.56. The van der Waals surface area contributed by atoms with Crippen molar-refractivity contribution in [1.29, 1.82) is 0 Å². The van der Waals surface area contributed by atoms with E-state index in [2.05, 4.69) is 5.32 Å². The molecule has 128 valence electrons. The van der Waals surface area contributed by atoms with Crippen LogP contribution in [-0.2, 0) is 14.3 Å². The van der Waals surface area contributed by atoms with E-state index < -0.39 is 18.0 Å². The van der Waals surface area contributed by atoms with Crippen LogP contribution in [0.5, 0.6) is 5.75 Å². The van der Waals surface area contributed by atoms with E-state index in [1.54, 1.807) is 45.2 Å². The van der Waals surface area contributed by atoms with Gasteiger partial charge in [-0.15, -0.1) is 0 Å². The van der Waals surface area contributed by atoms with E-state index in [0.29, 0.717) is 22.6 Å². The molecule has 0 aromatic heterocycles. The van der Waals surface area contributed by atoms with Crippen LogP contribution in [0.25, 0.3) is 0 Å². The largest absolute Gasteiger partial charge is 0.463 e. The van der Waals surface area contributed by atoms with Crippen LogP contribution in [0.15, 0.2) is 35.5 Å². The van der Waals surface area contributed by atoms with Crippen molar-refractivity contribution in [2.24, 2.45) is 0 Å². The zero-order chi connectivity index (χ0) is 17.9. The van der Waals surface area contributed by atoms with Gasteiger partial charge >= 0.3 is 18.0 Å². The number of ether oxygens (including phenoxy) is 2. The molecule has 2 amide bonds. The lowest BCUT2D eigenvalue weighted by Crippen LogP contribution is -2.46. The van der Waals surface area contributed by atoms with Crippen molar-refractivity contribution in [3.05, 3.63) is 41.1 Å². The number of benzene rings is 1. The van der Waals surface area contributed by atoms with Crippen molar-refractivity contribution >= 4 is 18.0 Å². The van der Waals surface area contributed by atoms with Gasteiger partial charge in [-0.1, -0.05) is 12.1 Å². The molecule has 1 heterocycles. The van der Waals surface area contributed by atoms with Crippen LogP contribution in [0.4, 0.5) is 4.79 Å². The first-order valence-corrected chi connectivity index (χ1v) is 7.55. The molecular weight excluding hydrogens is 312 g/mol. The number of urea groups is 1. The fraction of sp³-hybridized carbons (Fsp3) is 0.353. The van der Waals surface area contributed by atoms with E-state index in [9.17, 15) is 14.4 Å². The number of amides is 2. The molecule has 0 fully saturated rings. The van der Waals surface area contributed by atoms with E-state index in [1.807, 2.05) is 0 Å². The third-order valence-electron chi connectivity index (χ3n) is 3.72. The van der Waals surface area contributed by atoms with Gasteiger partial charge in [0.15, 0.2) is 0 Å². The summed E-state index contributed by atoms with van der Waals surface area (Å²) >= 11 is 0. The maximum Gasteiger partial charge on any atom is 0.338 e. The molecule has 1 aliphatic heterocycles. The second kappa shape index (κ2) is 7.16. The molecule has 0 bridgehead atoms. The van der Waals surface area contributed by atoms with Crippen molar-refractivity contribution in [1.82, 2.24) is 10.2 Å². The molecule has 2 rings (SSSR count). The standard InChI is InChI=1S/C17H20N2O5/c1-5-23-16(21)14-10(2)19(4)17(22)18-15(14)12-6-8-13(9-7-12)24-11(3)20/h6-9,15H,5H2,1-4H3,(H,18,22). The topological polar surface area (TPSA) is 84.9 Å². The van der Waals surface area contributed by atoms with Crippen LogP contribution in [0, 0.1) is 0 Å². The molecule has 1 atom stereocenters. The van der Waals surface area contributed by atoms with E-state index in [1.165, 1.54) is 11.8 Å². The Labute approximate surface area is 140 Å². The predicted octanol–water partition coefficient (Wildman–Crippen LogP) is 2.15. The Balaban J connectivity index is 2.40. The Morgan fingerprint density at radius 2 is 1.88 bits per heavy atom.